The summed E-state index contributed by atoms with van der Waals surface area (Å²) in [4.78, 5) is 14.8. The Bertz CT molecular complexity index is 805. The standard InChI is InChI=1S/C16H16F3N5O.H2/c1-10(15-14(19)5-21-9-24-15)16(25,6-22-8-23-7-20)12-3-2-11(17)4-13(12)18;/h2-5,7-10,25H,6H2,1H3,(H2,20,22,23);1H. The molecule has 2 unspecified atom stereocenters. The maximum absolute atomic E-state index is 14.3. The number of aliphatic imine (C=N–C) groups is 2. The van der Waals surface area contributed by atoms with Crippen LogP contribution in [0.2, 0.25) is 0 Å². The van der Waals surface area contributed by atoms with Gasteiger partial charge in [-0.15, -0.1) is 0 Å². The van der Waals surface area contributed by atoms with E-state index in [0.717, 1.165) is 37.3 Å². The lowest BCUT2D eigenvalue weighted by Gasteiger charge is -2.33. The number of nitrogens with two attached hydrogens (primary N) is 1. The van der Waals surface area contributed by atoms with Gasteiger partial charge in [0.2, 0.25) is 0 Å². The van der Waals surface area contributed by atoms with Crippen LogP contribution in [-0.4, -0.2) is 34.3 Å². The van der Waals surface area contributed by atoms with Crippen molar-refractivity contribution in [2.45, 2.75) is 18.4 Å². The molecule has 0 radical (unpaired) electrons. The second-order valence-electron chi connectivity index (χ2n) is 5.28. The summed E-state index contributed by atoms with van der Waals surface area (Å²) in [6.07, 6.45) is 4.09. The second-order valence-corrected chi connectivity index (χ2v) is 5.28. The van der Waals surface area contributed by atoms with Gasteiger partial charge in [-0.2, -0.15) is 0 Å². The molecule has 0 saturated heterocycles. The molecule has 2 atom stereocenters. The van der Waals surface area contributed by atoms with Crippen molar-refractivity contribution in [2.24, 2.45) is 15.7 Å². The molecule has 0 bridgehead atoms. The van der Waals surface area contributed by atoms with Gasteiger partial charge < -0.3 is 10.8 Å². The molecule has 0 fully saturated rings. The zero-order valence-electron chi connectivity index (χ0n) is 13.3. The van der Waals surface area contributed by atoms with Gasteiger partial charge in [0.05, 0.1) is 24.8 Å². The van der Waals surface area contributed by atoms with E-state index >= 15 is 0 Å². The Labute approximate surface area is 143 Å². The van der Waals surface area contributed by atoms with Gasteiger partial charge >= 0.3 is 0 Å². The van der Waals surface area contributed by atoms with Crippen molar-refractivity contribution in [2.75, 3.05) is 6.54 Å². The third-order valence-corrected chi connectivity index (χ3v) is 3.79. The Morgan fingerprint density at radius 1 is 1.36 bits per heavy atom. The van der Waals surface area contributed by atoms with Crippen LogP contribution in [0, 0.1) is 17.5 Å². The number of rotatable bonds is 6. The smallest absolute Gasteiger partial charge is 0.163 e. The van der Waals surface area contributed by atoms with Crippen molar-refractivity contribution in [3.8, 4) is 0 Å². The molecule has 134 valence electrons. The van der Waals surface area contributed by atoms with Gasteiger partial charge in [0, 0.05) is 19.0 Å². The first-order valence-electron chi connectivity index (χ1n) is 7.25. The normalized spacial score (nSPS) is 15.6. The van der Waals surface area contributed by atoms with Gasteiger partial charge in [-0.25, -0.2) is 28.1 Å². The minimum absolute atomic E-state index is 0. The van der Waals surface area contributed by atoms with Crippen molar-refractivity contribution in [1.82, 2.24) is 9.97 Å². The minimum Gasteiger partial charge on any atom is -0.390 e. The van der Waals surface area contributed by atoms with Gasteiger partial charge in [0.15, 0.2) is 5.82 Å². The SMILES string of the molecule is CC(c1ncncc1F)C(O)(CN=CN=CN)c1ccc(F)cc1F.[HH]. The monoisotopic (exact) mass is 353 g/mol. The molecule has 3 N–H and O–H groups in total. The van der Waals surface area contributed by atoms with Crippen molar-refractivity contribution in [3.05, 3.63) is 59.4 Å². The van der Waals surface area contributed by atoms with E-state index in [1.165, 1.54) is 6.92 Å². The van der Waals surface area contributed by atoms with Crippen LogP contribution in [-0.2, 0) is 5.60 Å². The first-order valence-corrected chi connectivity index (χ1v) is 7.25. The van der Waals surface area contributed by atoms with Crippen LogP contribution >= 0.6 is 0 Å². The first-order chi connectivity index (χ1) is 11.9. The number of aromatic nitrogens is 2. The summed E-state index contributed by atoms with van der Waals surface area (Å²) in [6, 6.07) is 2.71. The van der Waals surface area contributed by atoms with Crippen LogP contribution in [0.4, 0.5) is 13.2 Å². The maximum Gasteiger partial charge on any atom is 0.163 e. The van der Waals surface area contributed by atoms with Crippen molar-refractivity contribution in [3.63, 3.8) is 0 Å². The second kappa shape index (κ2) is 7.84. The Hall–Kier alpha value is -2.81. The van der Waals surface area contributed by atoms with Crippen molar-refractivity contribution >= 4 is 12.7 Å². The van der Waals surface area contributed by atoms with E-state index in [9.17, 15) is 18.3 Å². The van der Waals surface area contributed by atoms with Crippen LogP contribution in [0.25, 0.3) is 0 Å². The van der Waals surface area contributed by atoms with Crippen LogP contribution in [0.1, 0.15) is 25.5 Å². The summed E-state index contributed by atoms with van der Waals surface area (Å²) >= 11 is 0. The molecule has 2 rings (SSSR count). The fourth-order valence-corrected chi connectivity index (χ4v) is 2.43. The Morgan fingerprint density at radius 2 is 2.12 bits per heavy atom. The highest BCUT2D eigenvalue weighted by Crippen LogP contribution is 2.38. The highest BCUT2D eigenvalue weighted by atomic mass is 19.1. The predicted octanol–water partition coefficient (Wildman–Crippen LogP) is 2.15. The molecule has 0 amide bonds. The molecule has 0 saturated carbocycles. The number of halogens is 3. The molecule has 0 aliphatic heterocycles. The zero-order valence-corrected chi connectivity index (χ0v) is 13.3. The number of hydrogen-bond donors (Lipinski definition) is 2. The average Bonchev–Trinajstić information content (AvgIpc) is 2.58. The third-order valence-electron chi connectivity index (χ3n) is 3.79. The maximum atomic E-state index is 14.3. The molecule has 25 heavy (non-hydrogen) atoms. The molecule has 9 heteroatoms. The average molecular weight is 353 g/mol. The molecule has 1 heterocycles. The molecular formula is C16H18F3N5O. The first kappa shape index (κ1) is 18.5. The summed E-state index contributed by atoms with van der Waals surface area (Å²) in [5.74, 6) is -3.57. The van der Waals surface area contributed by atoms with E-state index in [4.69, 9.17) is 5.73 Å². The number of benzene rings is 1. The summed E-state index contributed by atoms with van der Waals surface area (Å²) in [5, 5.41) is 11.1. The highest BCUT2D eigenvalue weighted by molar-refractivity contribution is 5.69. The quantitative estimate of drug-likeness (QED) is 0.614. The zero-order chi connectivity index (χ0) is 18.4. The minimum atomic E-state index is -2.01. The lowest BCUT2D eigenvalue weighted by molar-refractivity contribution is 0.0163. The Balaban J connectivity index is 0.00000338. The van der Waals surface area contributed by atoms with Crippen LogP contribution in [0.15, 0.2) is 40.7 Å². The van der Waals surface area contributed by atoms with E-state index in [1.54, 1.807) is 0 Å². The number of nitrogens with zero attached hydrogens (tertiary/aromatic N) is 4. The van der Waals surface area contributed by atoms with Crippen LogP contribution in [0.5, 0.6) is 0 Å². The van der Waals surface area contributed by atoms with Gasteiger partial charge in [-0.05, 0) is 6.07 Å². The van der Waals surface area contributed by atoms with Crippen LogP contribution < -0.4 is 5.73 Å². The Kier molecular flexibility index (Phi) is 5.81. The van der Waals surface area contributed by atoms with E-state index in [1.807, 2.05) is 0 Å². The van der Waals surface area contributed by atoms with Crippen LogP contribution in [0.3, 0.4) is 0 Å². The fraction of sp³-hybridized carbons (Fsp3) is 0.250. The molecule has 6 nitrogen and oxygen atoms in total. The van der Waals surface area contributed by atoms with Gasteiger partial charge in [0.1, 0.15) is 29.9 Å². The summed E-state index contributed by atoms with van der Waals surface area (Å²) < 4.78 is 41.5. The summed E-state index contributed by atoms with van der Waals surface area (Å²) in [6.45, 7) is 1.08. The Morgan fingerprint density at radius 3 is 2.76 bits per heavy atom. The predicted molar refractivity (Wildman–Crippen MR) is 88.8 cm³/mol. The van der Waals surface area contributed by atoms with Gasteiger partial charge in [0.25, 0.3) is 0 Å². The molecular weight excluding hydrogens is 335 g/mol. The van der Waals surface area contributed by atoms with Crippen molar-refractivity contribution in [1.29, 1.82) is 0 Å². The molecule has 1 aromatic carbocycles. The molecule has 2 aromatic rings. The van der Waals surface area contributed by atoms with E-state index < -0.39 is 29.0 Å². The van der Waals surface area contributed by atoms with E-state index in [-0.39, 0.29) is 19.2 Å². The largest absolute Gasteiger partial charge is 0.390 e. The molecule has 1 aromatic heterocycles. The van der Waals surface area contributed by atoms with E-state index in [0.29, 0.717) is 6.07 Å². The summed E-state index contributed by atoms with van der Waals surface area (Å²) in [7, 11) is 0. The molecule has 0 aliphatic carbocycles. The van der Waals surface area contributed by atoms with Gasteiger partial charge in [-0.1, -0.05) is 13.0 Å². The topological polar surface area (TPSA) is 96.8 Å². The molecule has 0 spiro atoms. The third kappa shape index (κ3) is 4.00. The molecule has 0 aliphatic rings. The summed E-state index contributed by atoms with van der Waals surface area (Å²) in [5.41, 5.74) is 2.71. The van der Waals surface area contributed by atoms with Gasteiger partial charge in [-0.3, -0.25) is 4.99 Å². The lowest BCUT2D eigenvalue weighted by Crippen LogP contribution is -2.37. The fourth-order valence-electron chi connectivity index (χ4n) is 2.43. The number of aliphatic hydroxyl groups is 1. The van der Waals surface area contributed by atoms with Crippen molar-refractivity contribution < 1.29 is 19.7 Å². The van der Waals surface area contributed by atoms with E-state index in [2.05, 4.69) is 20.0 Å². The lowest BCUT2D eigenvalue weighted by atomic mass is 9.80. The highest BCUT2D eigenvalue weighted by Gasteiger charge is 2.40. The number of hydrogen-bond acceptors (Lipinski definition) is 4.